The maximum Gasteiger partial charge on any atom is 0.332 e. The van der Waals surface area contributed by atoms with Gasteiger partial charge in [-0.2, -0.15) is 0 Å². The van der Waals surface area contributed by atoms with E-state index in [0.29, 0.717) is 0 Å². The first-order chi connectivity index (χ1) is 6.07. The number of rotatable bonds is 5. The summed E-state index contributed by atoms with van der Waals surface area (Å²) < 4.78 is 0. The molecular weight excluding hydrogens is 174 g/mol. The molecule has 0 saturated heterocycles. The Morgan fingerprint density at radius 2 is 2.15 bits per heavy atom. The average molecular weight is 187 g/mol. The first-order valence-electron chi connectivity index (χ1n) is 3.89. The van der Waals surface area contributed by atoms with Crippen LogP contribution >= 0.6 is 0 Å². The minimum absolute atomic E-state index is 0.0125. The Bertz CT molecular complexity index is 212. The molecule has 0 bridgehead atoms. The molecule has 0 rings (SSSR count). The van der Waals surface area contributed by atoms with Gasteiger partial charge in [-0.15, -0.1) is 0 Å². The quantitative estimate of drug-likeness (QED) is 0.507. The van der Waals surface area contributed by atoms with Crippen LogP contribution in [0.25, 0.3) is 0 Å². The van der Waals surface area contributed by atoms with E-state index in [4.69, 9.17) is 10.2 Å². The first kappa shape index (κ1) is 11.6. The number of aliphatic hydroxyl groups is 1. The lowest BCUT2D eigenvalue weighted by Crippen LogP contribution is -2.28. The van der Waals surface area contributed by atoms with Gasteiger partial charge in [0.05, 0.1) is 0 Å². The van der Waals surface area contributed by atoms with Crippen molar-refractivity contribution in [3.63, 3.8) is 0 Å². The predicted molar refractivity (Wildman–Crippen MR) is 46.1 cm³/mol. The number of aliphatic carboxylic acids is 1. The van der Waals surface area contributed by atoms with Crippen LogP contribution in [0.1, 0.15) is 13.3 Å². The summed E-state index contributed by atoms with van der Waals surface area (Å²) >= 11 is 0. The van der Waals surface area contributed by atoms with Crippen LogP contribution in [0.15, 0.2) is 12.2 Å². The first-order valence-corrected chi connectivity index (χ1v) is 3.89. The fourth-order valence-corrected chi connectivity index (χ4v) is 0.666. The molecule has 0 fully saturated rings. The summed E-state index contributed by atoms with van der Waals surface area (Å²) in [6, 6.07) is 0. The zero-order valence-corrected chi connectivity index (χ0v) is 7.36. The van der Waals surface area contributed by atoms with Gasteiger partial charge in [0.1, 0.15) is 0 Å². The highest BCUT2D eigenvalue weighted by molar-refractivity contribution is 5.87. The Kier molecular flexibility index (Phi) is 5.54. The summed E-state index contributed by atoms with van der Waals surface area (Å²) in [5.74, 6) is -1.57. The molecule has 0 aliphatic carbocycles. The van der Waals surface area contributed by atoms with Crippen molar-refractivity contribution in [2.45, 2.75) is 19.4 Å². The summed E-state index contributed by atoms with van der Waals surface area (Å²) in [7, 11) is 0. The van der Waals surface area contributed by atoms with Crippen molar-refractivity contribution in [2.24, 2.45) is 0 Å². The largest absolute Gasteiger partial charge is 0.479 e. The molecule has 0 aromatic heterocycles. The van der Waals surface area contributed by atoms with Crippen LogP contribution in [-0.4, -0.2) is 34.7 Å². The van der Waals surface area contributed by atoms with Crippen LogP contribution in [-0.2, 0) is 9.59 Å². The number of allylic oxidation sites excluding steroid dienone is 1. The average Bonchev–Trinajstić information content (AvgIpc) is 2.04. The highest BCUT2D eigenvalue weighted by Crippen LogP contribution is 1.89. The Morgan fingerprint density at radius 1 is 1.54 bits per heavy atom. The molecule has 0 unspecified atom stereocenters. The normalized spacial score (nSPS) is 12.8. The van der Waals surface area contributed by atoms with E-state index in [1.807, 2.05) is 0 Å². The van der Waals surface area contributed by atoms with Gasteiger partial charge in [0, 0.05) is 13.0 Å². The number of carbonyl (C=O) groups excluding carboxylic acids is 1. The van der Waals surface area contributed by atoms with Crippen LogP contribution in [0.2, 0.25) is 0 Å². The summed E-state index contributed by atoms with van der Waals surface area (Å²) in [4.78, 5) is 20.9. The van der Waals surface area contributed by atoms with Crippen LogP contribution in [0.4, 0.5) is 0 Å². The molecule has 5 heteroatoms. The lowest BCUT2D eigenvalue weighted by atomic mass is 10.2. The zero-order valence-electron chi connectivity index (χ0n) is 7.36. The van der Waals surface area contributed by atoms with E-state index in [-0.39, 0.29) is 18.9 Å². The third-order valence-electron chi connectivity index (χ3n) is 1.32. The molecule has 0 heterocycles. The number of aliphatic hydroxyl groups excluding tert-OH is 1. The lowest BCUT2D eigenvalue weighted by Gasteiger charge is -2.04. The fourth-order valence-electron chi connectivity index (χ4n) is 0.666. The summed E-state index contributed by atoms with van der Waals surface area (Å²) in [6.07, 6.45) is 1.50. The van der Waals surface area contributed by atoms with Crippen molar-refractivity contribution >= 4 is 11.9 Å². The van der Waals surface area contributed by atoms with Crippen molar-refractivity contribution in [1.82, 2.24) is 5.32 Å². The van der Waals surface area contributed by atoms with Gasteiger partial charge in [-0.1, -0.05) is 6.08 Å². The lowest BCUT2D eigenvalue weighted by molar-refractivity contribution is -0.147. The molecule has 0 radical (unpaired) electrons. The molecule has 5 nitrogen and oxygen atoms in total. The van der Waals surface area contributed by atoms with Crippen LogP contribution < -0.4 is 5.32 Å². The zero-order chi connectivity index (χ0) is 10.3. The fraction of sp³-hybridized carbons (Fsp3) is 0.500. The molecular formula is C8H13NO4. The molecule has 0 aromatic carbocycles. The standard InChI is InChI=1S/C8H13NO4/c1-2-3-7(11)9-5-4-6(10)8(12)13/h2-3,6,10H,4-5H2,1H3,(H,9,11)(H,12,13)/b3-2+/t6-/m0/s1. The van der Waals surface area contributed by atoms with E-state index in [0.717, 1.165) is 0 Å². The number of hydrogen-bond acceptors (Lipinski definition) is 3. The predicted octanol–water partition coefficient (Wildman–Crippen LogP) is -0.486. The van der Waals surface area contributed by atoms with Gasteiger partial charge in [-0.3, -0.25) is 4.79 Å². The van der Waals surface area contributed by atoms with Gasteiger partial charge < -0.3 is 15.5 Å². The van der Waals surface area contributed by atoms with Crippen LogP contribution in [0.5, 0.6) is 0 Å². The molecule has 3 N–H and O–H groups in total. The van der Waals surface area contributed by atoms with Gasteiger partial charge in [-0.05, 0) is 13.0 Å². The number of hydrogen-bond donors (Lipinski definition) is 3. The van der Waals surface area contributed by atoms with Gasteiger partial charge in [0.15, 0.2) is 6.10 Å². The number of carboxylic acid groups (broad SMARTS) is 1. The van der Waals surface area contributed by atoms with Gasteiger partial charge in [0.2, 0.25) is 5.91 Å². The smallest absolute Gasteiger partial charge is 0.332 e. The number of nitrogens with one attached hydrogen (secondary N) is 1. The summed E-state index contributed by atoms with van der Waals surface area (Å²) in [5.41, 5.74) is 0. The van der Waals surface area contributed by atoms with E-state index in [1.54, 1.807) is 13.0 Å². The summed E-state index contributed by atoms with van der Waals surface area (Å²) in [5, 5.41) is 19.5. The minimum Gasteiger partial charge on any atom is -0.479 e. The van der Waals surface area contributed by atoms with E-state index in [2.05, 4.69) is 5.32 Å². The molecule has 0 aromatic rings. The molecule has 1 atom stereocenters. The molecule has 0 aliphatic rings. The maximum absolute atomic E-state index is 10.8. The van der Waals surface area contributed by atoms with Gasteiger partial charge in [0.25, 0.3) is 0 Å². The monoisotopic (exact) mass is 187 g/mol. The third kappa shape index (κ3) is 5.86. The van der Waals surface area contributed by atoms with E-state index >= 15 is 0 Å². The Morgan fingerprint density at radius 3 is 2.62 bits per heavy atom. The number of carboxylic acids is 1. The Hall–Kier alpha value is -1.36. The highest BCUT2D eigenvalue weighted by atomic mass is 16.4. The number of amides is 1. The van der Waals surface area contributed by atoms with Gasteiger partial charge in [-0.25, -0.2) is 4.79 Å². The Labute approximate surface area is 76.1 Å². The summed E-state index contributed by atoms with van der Waals surface area (Å²) in [6.45, 7) is 1.85. The molecule has 1 amide bonds. The van der Waals surface area contributed by atoms with Crippen LogP contribution in [0, 0.1) is 0 Å². The van der Waals surface area contributed by atoms with Crippen LogP contribution in [0.3, 0.4) is 0 Å². The van der Waals surface area contributed by atoms with Crippen molar-refractivity contribution < 1.29 is 19.8 Å². The third-order valence-corrected chi connectivity index (χ3v) is 1.32. The molecule has 0 spiro atoms. The second-order valence-corrected chi connectivity index (χ2v) is 2.43. The molecule has 13 heavy (non-hydrogen) atoms. The van der Waals surface area contributed by atoms with Crippen molar-refractivity contribution in [3.05, 3.63) is 12.2 Å². The Balaban J connectivity index is 3.56. The van der Waals surface area contributed by atoms with Gasteiger partial charge >= 0.3 is 5.97 Å². The van der Waals surface area contributed by atoms with Crippen molar-refractivity contribution in [2.75, 3.05) is 6.54 Å². The van der Waals surface area contributed by atoms with E-state index in [1.165, 1.54) is 6.08 Å². The molecule has 0 saturated carbocycles. The van der Waals surface area contributed by atoms with E-state index < -0.39 is 12.1 Å². The minimum atomic E-state index is -1.41. The maximum atomic E-state index is 10.8. The second-order valence-electron chi connectivity index (χ2n) is 2.43. The second kappa shape index (κ2) is 6.19. The molecule has 74 valence electrons. The number of carbonyl (C=O) groups is 2. The topological polar surface area (TPSA) is 86.6 Å². The molecule has 0 aliphatic heterocycles. The van der Waals surface area contributed by atoms with E-state index in [9.17, 15) is 9.59 Å². The highest BCUT2D eigenvalue weighted by Gasteiger charge is 2.11. The van der Waals surface area contributed by atoms with Crippen molar-refractivity contribution in [3.8, 4) is 0 Å². The van der Waals surface area contributed by atoms with Crippen molar-refractivity contribution in [1.29, 1.82) is 0 Å². The SMILES string of the molecule is C/C=C/C(=O)NCC[C@H](O)C(=O)O.